The third-order valence-corrected chi connectivity index (χ3v) is 8.06. The molecule has 0 radical (unpaired) electrons. The summed E-state index contributed by atoms with van der Waals surface area (Å²) in [6, 6.07) is 14.3. The number of alkyl halides is 6. The Morgan fingerprint density at radius 2 is 1.42 bits per heavy atom. The molecule has 202 valence electrons. The van der Waals surface area contributed by atoms with Gasteiger partial charge in [-0.1, -0.05) is 52.3 Å². The van der Waals surface area contributed by atoms with E-state index < -0.39 is 23.5 Å². The fourth-order valence-electron chi connectivity index (χ4n) is 5.39. The Morgan fingerprint density at radius 3 is 1.97 bits per heavy atom. The van der Waals surface area contributed by atoms with Crippen LogP contribution in [0.25, 0.3) is 11.1 Å². The van der Waals surface area contributed by atoms with Crippen molar-refractivity contribution in [1.29, 1.82) is 0 Å². The van der Waals surface area contributed by atoms with E-state index in [2.05, 4.69) is 30.7 Å². The summed E-state index contributed by atoms with van der Waals surface area (Å²) in [6.45, 7) is 3.54. The number of benzene rings is 2. The summed E-state index contributed by atoms with van der Waals surface area (Å²) in [5, 5.41) is 9.61. The van der Waals surface area contributed by atoms with Gasteiger partial charge >= 0.3 is 12.4 Å². The van der Waals surface area contributed by atoms with E-state index in [-0.39, 0.29) is 0 Å². The smallest absolute Gasteiger partial charge is 0.369 e. The highest BCUT2D eigenvalue weighted by Gasteiger charge is 2.71. The molecule has 6 rings (SSSR count). The van der Waals surface area contributed by atoms with Crippen molar-refractivity contribution in [3.63, 3.8) is 0 Å². The van der Waals surface area contributed by atoms with Crippen molar-refractivity contribution >= 4 is 15.9 Å². The number of nitrogens with zero attached hydrogens (tertiary/aromatic N) is 3. The Bertz CT molecular complexity index is 1260. The zero-order chi connectivity index (χ0) is 27.3. The SMILES string of the molecule is OC(c1ccc(-c2ccc(CN3CC4CC(C3)N4Cc3ccncc3)cc2Br)cc1)(C(F)(F)F)C(F)(F)F. The number of halogens is 7. The summed E-state index contributed by atoms with van der Waals surface area (Å²) in [5.74, 6) is 0. The van der Waals surface area contributed by atoms with Crippen molar-refractivity contribution in [1.82, 2.24) is 14.8 Å². The first-order valence-corrected chi connectivity index (χ1v) is 12.8. The van der Waals surface area contributed by atoms with Crippen LogP contribution in [0.2, 0.25) is 0 Å². The molecular formula is C27H24BrF6N3O. The summed E-state index contributed by atoms with van der Waals surface area (Å²) in [7, 11) is 0. The number of rotatable bonds is 6. The number of aliphatic hydroxyl groups is 1. The molecule has 0 amide bonds. The highest BCUT2D eigenvalue weighted by Crippen LogP contribution is 2.50. The summed E-state index contributed by atoms with van der Waals surface area (Å²) in [5.41, 5.74) is -2.89. The lowest BCUT2D eigenvalue weighted by molar-refractivity contribution is -0.376. The van der Waals surface area contributed by atoms with Crippen molar-refractivity contribution in [2.24, 2.45) is 0 Å². The van der Waals surface area contributed by atoms with Crippen molar-refractivity contribution in [3.8, 4) is 11.1 Å². The van der Waals surface area contributed by atoms with Crippen molar-refractivity contribution < 1.29 is 31.4 Å². The number of pyridine rings is 1. The van der Waals surface area contributed by atoms with E-state index in [1.54, 1.807) is 18.5 Å². The number of piperidine rings is 1. The molecule has 1 N–H and O–H groups in total. The molecule has 0 spiro atoms. The van der Waals surface area contributed by atoms with Gasteiger partial charge in [-0.2, -0.15) is 26.3 Å². The largest absolute Gasteiger partial charge is 0.430 e. The molecule has 3 aliphatic rings. The zero-order valence-corrected chi connectivity index (χ0v) is 21.6. The third-order valence-electron chi connectivity index (χ3n) is 7.41. The third kappa shape index (κ3) is 4.97. The molecule has 38 heavy (non-hydrogen) atoms. The van der Waals surface area contributed by atoms with Gasteiger partial charge in [0.1, 0.15) is 0 Å². The maximum absolute atomic E-state index is 13.2. The Balaban J connectivity index is 1.25. The first-order valence-electron chi connectivity index (χ1n) is 12.0. The fraction of sp³-hybridized carbons (Fsp3) is 0.370. The predicted octanol–water partition coefficient (Wildman–Crippen LogP) is 6.28. The van der Waals surface area contributed by atoms with E-state index in [0.29, 0.717) is 39.8 Å². The van der Waals surface area contributed by atoms with E-state index in [9.17, 15) is 31.4 Å². The number of hydrogen-bond acceptors (Lipinski definition) is 4. The Kier molecular flexibility index (Phi) is 7.08. The number of aromatic nitrogens is 1. The monoisotopic (exact) mass is 599 g/mol. The van der Waals surface area contributed by atoms with Gasteiger partial charge in [-0.25, -0.2) is 0 Å². The van der Waals surface area contributed by atoms with Crippen LogP contribution in [0.15, 0.2) is 71.5 Å². The van der Waals surface area contributed by atoms with E-state index >= 15 is 0 Å². The zero-order valence-electron chi connectivity index (χ0n) is 20.0. The molecule has 11 heteroatoms. The highest BCUT2D eigenvalue weighted by molar-refractivity contribution is 9.10. The molecule has 0 saturated carbocycles. The van der Waals surface area contributed by atoms with Gasteiger partial charge in [0.2, 0.25) is 0 Å². The van der Waals surface area contributed by atoms with Gasteiger partial charge in [0.05, 0.1) is 0 Å². The molecule has 4 nitrogen and oxygen atoms in total. The molecular weight excluding hydrogens is 576 g/mol. The summed E-state index contributed by atoms with van der Waals surface area (Å²) < 4.78 is 79.7. The van der Waals surface area contributed by atoms with Crippen molar-refractivity contribution in [2.75, 3.05) is 13.1 Å². The second kappa shape index (κ2) is 9.93. The molecule has 2 aromatic carbocycles. The Labute approximate surface area is 224 Å². The molecule has 3 saturated heterocycles. The van der Waals surface area contributed by atoms with Gasteiger partial charge in [-0.15, -0.1) is 0 Å². The first-order chi connectivity index (χ1) is 17.9. The van der Waals surface area contributed by atoms with Crippen LogP contribution >= 0.6 is 15.9 Å². The average molecular weight is 600 g/mol. The maximum Gasteiger partial charge on any atom is 0.430 e. The van der Waals surface area contributed by atoms with Gasteiger partial charge in [0.25, 0.3) is 5.60 Å². The lowest BCUT2D eigenvalue weighted by Gasteiger charge is -2.56. The van der Waals surface area contributed by atoms with Gasteiger partial charge in [-0.3, -0.25) is 14.8 Å². The lowest BCUT2D eigenvalue weighted by atomic mass is 9.86. The van der Waals surface area contributed by atoms with Gasteiger partial charge in [0, 0.05) is 60.7 Å². The van der Waals surface area contributed by atoms with Crippen molar-refractivity contribution in [3.05, 3.63) is 88.2 Å². The van der Waals surface area contributed by atoms with E-state index in [0.717, 1.165) is 43.9 Å². The fourth-order valence-corrected chi connectivity index (χ4v) is 6.04. The van der Waals surface area contributed by atoms with Crippen LogP contribution in [0.1, 0.15) is 23.1 Å². The van der Waals surface area contributed by atoms with Crippen LogP contribution in [0.5, 0.6) is 0 Å². The van der Waals surface area contributed by atoms with Crippen molar-refractivity contribution in [2.45, 2.75) is 49.5 Å². The number of hydrogen-bond donors (Lipinski definition) is 1. The maximum atomic E-state index is 13.2. The Morgan fingerprint density at radius 1 is 0.816 bits per heavy atom. The number of fused-ring (bicyclic) bond motifs is 2. The normalized spacial score (nSPS) is 20.8. The molecule has 3 aliphatic heterocycles. The Hall–Kier alpha value is -2.47. The topological polar surface area (TPSA) is 39.6 Å². The summed E-state index contributed by atoms with van der Waals surface area (Å²) in [6.07, 6.45) is -7.05. The molecule has 3 aromatic rings. The minimum absolute atomic E-state index is 0.421. The molecule has 2 atom stereocenters. The molecule has 4 heterocycles. The van der Waals surface area contributed by atoms with Gasteiger partial charge in [-0.05, 0) is 46.9 Å². The van der Waals surface area contributed by atoms with E-state index in [1.165, 1.54) is 12.0 Å². The highest BCUT2D eigenvalue weighted by atomic mass is 79.9. The minimum atomic E-state index is -5.92. The van der Waals surface area contributed by atoms with Crippen LogP contribution in [-0.4, -0.2) is 57.4 Å². The second-order valence-electron chi connectivity index (χ2n) is 9.86. The average Bonchev–Trinajstić information content (AvgIpc) is 2.86. The lowest BCUT2D eigenvalue weighted by Crippen LogP contribution is -2.67. The molecule has 2 unspecified atom stereocenters. The molecule has 1 aromatic heterocycles. The van der Waals surface area contributed by atoms with Gasteiger partial charge < -0.3 is 5.11 Å². The number of piperazine rings is 1. The summed E-state index contributed by atoms with van der Waals surface area (Å²) in [4.78, 5) is 8.99. The molecule has 2 bridgehead atoms. The van der Waals surface area contributed by atoms with E-state index in [1.807, 2.05) is 24.3 Å². The summed E-state index contributed by atoms with van der Waals surface area (Å²) >= 11 is 3.50. The van der Waals surface area contributed by atoms with Gasteiger partial charge in [0.15, 0.2) is 0 Å². The second-order valence-corrected chi connectivity index (χ2v) is 10.7. The minimum Gasteiger partial charge on any atom is -0.369 e. The van der Waals surface area contributed by atoms with Crippen LogP contribution < -0.4 is 0 Å². The van der Waals surface area contributed by atoms with E-state index in [4.69, 9.17) is 0 Å². The predicted molar refractivity (Wildman–Crippen MR) is 133 cm³/mol. The van der Waals surface area contributed by atoms with Crippen LogP contribution in [0, 0.1) is 0 Å². The van der Waals surface area contributed by atoms with Crippen LogP contribution in [0.3, 0.4) is 0 Å². The quantitative estimate of drug-likeness (QED) is 0.338. The van der Waals surface area contributed by atoms with Crippen LogP contribution in [0.4, 0.5) is 26.3 Å². The molecule has 0 aliphatic carbocycles. The standard InChI is InChI=1S/C27H24BrF6N3O/c28-24-11-18(13-36-15-21-12-22(16-36)37(21)14-17-7-9-35-10-8-17)1-6-23(24)19-2-4-20(5-3-19)25(38,26(29,30)31)27(32,33)34/h1-11,21-22,38H,12-16H2. The molecule has 3 fully saturated rings. The first kappa shape index (κ1) is 27.1. The van der Waals surface area contributed by atoms with Crippen LogP contribution in [-0.2, 0) is 18.7 Å².